The van der Waals surface area contributed by atoms with Gasteiger partial charge in [-0.2, -0.15) is 10.4 Å². The molecule has 6 nitrogen and oxygen atoms in total. The molecule has 0 radical (unpaired) electrons. The highest BCUT2D eigenvalue weighted by molar-refractivity contribution is 5.71. The zero-order valence-corrected chi connectivity index (χ0v) is 17.0. The molecule has 1 heterocycles. The van der Waals surface area contributed by atoms with Gasteiger partial charge in [-0.05, 0) is 48.9 Å². The van der Waals surface area contributed by atoms with Crippen LogP contribution in [0.3, 0.4) is 0 Å². The van der Waals surface area contributed by atoms with E-state index in [1.54, 1.807) is 36.7 Å². The number of hydrogen-bond donors (Lipinski definition) is 1. The smallest absolute Gasteiger partial charge is 0.270 e. The lowest BCUT2D eigenvalue weighted by Gasteiger charge is -2.16. The van der Waals surface area contributed by atoms with Crippen molar-refractivity contribution in [2.45, 2.75) is 19.8 Å². The summed E-state index contributed by atoms with van der Waals surface area (Å²) in [6, 6.07) is 15.0. The van der Waals surface area contributed by atoms with Crippen LogP contribution in [-0.4, -0.2) is 36.4 Å². The molecule has 1 aliphatic rings. The molecule has 0 unspecified atom stereocenters. The number of alkyl halides is 2. The molecule has 0 spiro atoms. The fraction of sp³-hybridized carbons (Fsp3) is 0.227. The number of anilines is 1. The van der Waals surface area contributed by atoms with E-state index in [1.165, 1.54) is 12.1 Å². The number of allylic oxidation sites excluding steroid dienone is 1. The average Bonchev–Trinajstić information content (AvgIpc) is 3.15. The second-order valence-corrected chi connectivity index (χ2v) is 6.78. The van der Waals surface area contributed by atoms with Crippen molar-refractivity contribution in [3.8, 4) is 6.07 Å². The summed E-state index contributed by atoms with van der Waals surface area (Å²) in [4.78, 5) is 11.9. The molecule has 1 aliphatic heterocycles. The van der Waals surface area contributed by atoms with Gasteiger partial charge in [0.25, 0.3) is 5.92 Å². The number of halogens is 2. The molecular weight excluding hydrogens is 388 g/mol. The van der Waals surface area contributed by atoms with Crippen LogP contribution in [0.15, 0.2) is 59.3 Å². The third-order valence-electron chi connectivity index (χ3n) is 4.16. The Kier molecular flexibility index (Phi) is 7.64. The molecule has 0 aromatic heterocycles. The number of hydrazone groups is 1. The van der Waals surface area contributed by atoms with Gasteiger partial charge in [-0.3, -0.25) is 4.79 Å². The second kappa shape index (κ2) is 10.2. The first-order valence-corrected chi connectivity index (χ1v) is 9.12. The number of benzene rings is 2. The van der Waals surface area contributed by atoms with Crippen molar-refractivity contribution in [3.05, 3.63) is 70.9 Å². The van der Waals surface area contributed by atoms with E-state index in [9.17, 15) is 13.6 Å². The molecule has 0 saturated carbocycles. The van der Waals surface area contributed by atoms with Gasteiger partial charge in [0.15, 0.2) is 0 Å². The van der Waals surface area contributed by atoms with Crippen molar-refractivity contribution in [2.24, 2.45) is 5.10 Å². The molecule has 0 atom stereocenters. The molecule has 2 aromatic rings. The lowest BCUT2D eigenvalue weighted by atomic mass is 10.1. The molecular formula is C22H23F2N5O. The number of nitrogens with one attached hydrogen (secondary N) is 1. The minimum Gasteiger partial charge on any atom is -0.345 e. The quantitative estimate of drug-likeness (QED) is 0.739. The standard InChI is InChI=1S/C14H17F2N3.C8H6N2O/c1-11(19-10-18(3)9-17-19)7-12-5-4-6-13(8-12)14(2,15)16;9-5-7-1-3-8(4-2-7)10-6-11/h4-9H,10H2,1-3H3;1-4,6H,(H,10,11)/b11-7-;. The largest absolute Gasteiger partial charge is 0.345 e. The third kappa shape index (κ3) is 6.71. The highest BCUT2D eigenvalue weighted by Crippen LogP contribution is 2.28. The van der Waals surface area contributed by atoms with Gasteiger partial charge in [-0.1, -0.05) is 18.2 Å². The second-order valence-electron chi connectivity index (χ2n) is 6.78. The predicted molar refractivity (Wildman–Crippen MR) is 113 cm³/mol. The Labute approximate surface area is 174 Å². The zero-order valence-electron chi connectivity index (χ0n) is 17.0. The van der Waals surface area contributed by atoms with Gasteiger partial charge in [0, 0.05) is 30.9 Å². The van der Waals surface area contributed by atoms with E-state index in [-0.39, 0.29) is 5.56 Å². The molecule has 1 amide bonds. The molecule has 156 valence electrons. The number of carbonyl (C=O) groups is 1. The fourth-order valence-corrected chi connectivity index (χ4v) is 2.56. The third-order valence-corrected chi connectivity index (χ3v) is 4.16. The average molecular weight is 411 g/mol. The van der Waals surface area contributed by atoms with E-state index >= 15 is 0 Å². The molecule has 0 saturated heterocycles. The minimum atomic E-state index is -2.82. The Morgan fingerprint density at radius 1 is 1.27 bits per heavy atom. The van der Waals surface area contributed by atoms with E-state index in [0.717, 1.165) is 18.2 Å². The van der Waals surface area contributed by atoms with Crippen LogP contribution in [0.4, 0.5) is 14.5 Å². The normalized spacial score (nSPS) is 13.4. The Bertz CT molecular complexity index is 959. The first-order valence-electron chi connectivity index (χ1n) is 9.12. The van der Waals surface area contributed by atoms with E-state index in [4.69, 9.17) is 5.26 Å². The molecule has 8 heteroatoms. The van der Waals surface area contributed by atoms with Gasteiger partial charge in [0.1, 0.15) is 13.0 Å². The van der Waals surface area contributed by atoms with Crippen LogP contribution < -0.4 is 5.32 Å². The summed E-state index contributed by atoms with van der Waals surface area (Å²) in [6.45, 7) is 3.49. The topological polar surface area (TPSA) is 71.7 Å². The summed E-state index contributed by atoms with van der Waals surface area (Å²) < 4.78 is 26.5. The lowest BCUT2D eigenvalue weighted by Crippen LogP contribution is -2.21. The van der Waals surface area contributed by atoms with Gasteiger partial charge in [0.05, 0.1) is 11.6 Å². The van der Waals surface area contributed by atoms with Crippen LogP contribution in [0.5, 0.6) is 0 Å². The Balaban J connectivity index is 0.000000248. The Morgan fingerprint density at radius 3 is 2.50 bits per heavy atom. The highest BCUT2D eigenvalue weighted by atomic mass is 19.3. The molecule has 0 aliphatic carbocycles. The summed E-state index contributed by atoms with van der Waals surface area (Å²) in [6.07, 6.45) is 4.18. The van der Waals surface area contributed by atoms with Crippen molar-refractivity contribution in [1.29, 1.82) is 5.26 Å². The van der Waals surface area contributed by atoms with Crippen molar-refractivity contribution in [3.63, 3.8) is 0 Å². The van der Waals surface area contributed by atoms with Crippen molar-refractivity contribution < 1.29 is 13.6 Å². The van der Waals surface area contributed by atoms with Crippen LogP contribution in [0.25, 0.3) is 6.08 Å². The summed E-state index contributed by atoms with van der Waals surface area (Å²) in [5.74, 6) is -2.82. The molecule has 30 heavy (non-hydrogen) atoms. The van der Waals surface area contributed by atoms with E-state index in [2.05, 4.69) is 10.4 Å². The maximum atomic E-state index is 13.3. The predicted octanol–water partition coefficient (Wildman–Crippen LogP) is 4.43. The van der Waals surface area contributed by atoms with E-state index in [0.29, 0.717) is 24.3 Å². The first kappa shape index (κ1) is 22.6. The van der Waals surface area contributed by atoms with Crippen LogP contribution >= 0.6 is 0 Å². The summed E-state index contributed by atoms with van der Waals surface area (Å²) in [7, 11) is 1.93. The number of nitriles is 1. The van der Waals surface area contributed by atoms with Gasteiger partial charge < -0.3 is 10.2 Å². The first-order chi connectivity index (χ1) is 14.2. The molecule has 0 bridgehead atoms. The lowest BCUT2D eigenvalue weighted by molar-refractivity contribution is -0.105. The van der Waals surface area contributed by atoms with E-state index < -0.39 is 5.92 Å². The SMILES string of the molecule is C/C(=C/c1cccc(C(C)(F)F)c1)N1CN(C)C=N1.N#Cc1ccc(NC=O)cc1. The fourth-order valence-electron chi connectivity index (χ4n) is 2.56. The summed E-state index contributed by atoms with van der Waals surface area (Å²) >= 11 is 0. The highest BCUT2D eigenvalue weighted by Gasteiger charge is 2.24. The Hall–Kier alpha value is -3.73. The number of amides is 1. The molecule has 1 N–H and O–H groups in total. The number of hydrogen-bond acceptors (Lipinski definition) is 5. The van der Waals surface area contributed by atoms with E-state index in [1.807, 2.05) is 42.1 Å². The number of carbonyl (C=O) groups excluding carboxylic acids is 1. The van der Waals surface area contributed by atoms with Gasteiger partial charge in [-0.15, -0.1) is 0 Å². The molecule has 3 rings (SSSR count). The van der Waals surface area contributed by atoms with Crippen LogP contribution in [0.2, 0.25) is 0 Å². The number of nitrogens with zero attached hydrogens (tertiary/aromatic N) is 4. The summed E-state index contributed by atoms with van der Waals surface area (Å²) in [5.41, 5.74) is 2.97. The zero-order chi connectivity index (χ0) is 22.1. The Morgan fingerprint density at radius 2 is 1.97 bits per heavy atom. The van der Waals surface area contributed by atoms with Gasteiger partial charge >= 0.3 is 0 Å². The maximum absolute atomic E-state index is 13.3. The van der Waals surface area contributed by atoms with Crippen LogP contribution in [0.1, 0.15) is 30.5 Å². The number of rotatable bonds is 5. The van der Waals surface area contributed by atoms with Crippen LogP contribution in [-0.2, 0) is 10.7 Å². The van der Waals surface area contributed by atoms with Crippen molar-refractivity contribution in [2.75, 3.05) is 19.0 Å². The van der Waals surface area contributed by atoms with Gasteiger partial charge in [-0.25, -0.2) is 13.8 Å². The minimum absolute atomic E-state index is 0.0242. The van der Waals surface area contributed by atoms with Crippen molar-refractivity contribution >= 4 is 24.5 Å². The summed E-state index contributed by atoms with van der Waals surface area (Å²) in [5, 5.41) is 16.9. The van der Waals surface area contributed by atoms with Gasteiger partial charge in [0.2, 0.25) is 6.41 Å². The van der Waals surface area contributed by atoms with Crippen molar-refractivity contribution in [1.82, 2.24) is 9.91 Å². The maximum Gasteiger partial charge on any atom is 0.270 e. The van der Waals surface area contributed by atoms with Crippen LogP contribution in [0, 0.1) is 11.3 Å². The monoisotopic (exact) mass is 411 g/mol. The molecule has 0 fully saturated rings. The molecule has 2 aromatic carbocycles.